The van der Waals surface area contributed by atoms with Crippen molar-refractivity contribution >= 4 is 56.4 Å². The SMILES string of the molecule is CCN(CC)CCCC(C)Nc1cc[n+](C[C]2[CH][CH][CH][CH]2)c2cc(Cl)ccc12.CCN(CC)CCCC(C)Nc1cc[n+](C[C]2[CH][CH][CH][CH]2)c2cc(Cl)ccc12.[Fe+2]. The summed E-state index contributed by atoms with van der Waals surface area (Å²) in [5.41, 5.74) is 4.68. The Bertz CT molecular complexity index is 1640. The summed E-state index contributed by atoms with van der Waals surface area (Å²) in [6.45, 7) is 22.0. The van der Waals surface area contributed by atoms with Crippen LogP contribution in [0.5, 0.6) is 0 Å². The fourth-order valence-corrected chi connectivity index (χ4v) is 7.90. The zero-order valence-corrected chi connectivity index (χ0v) is 37.5. The van der Waals surface area contributed by atoms with E-state index in [0.29, 0.717) is 12.1 Å². The predicted octanol–water partition coefficient (Wildman–Crippen LogP) is 10.2. The number of halogens is 2. The molecule has 2 heterocycles. The number of benzene rings is 2. The van der Waals surface area contributed by atoms with Crippen LogP contribution in [0.1, 0.15) is 67.2 Å². The minimum atomic E-state index is 0. The minimum Gasteiger partial charge on any atom is -0.382 e. The van der Waals surface area contributed by atoms with Crippen LogP contribution in [0.2, 0.25) is 10.0 Å². The number of hydrogen-bond donors (Lipinski definition) is 2. The second-order valence-electron chi connectivity index (χ2n) is 15.1. The fraction of sp³-hybridized carbons (Fsp3) is 0.417. The van der Waals surface area contributed by atoms with E-state index in [4.69, 9.17) is 23.2 Å². The third-order valence-electron chi connectivity index (χ3n) is 10.9. The maximum Gasteiger partial charge on any atom is 2.00 e. The Morgan fingerprint density at radius 2 is 0.930 bits per heavy atom. The van der Waals surface area contributed by atoms with Crippen LogP contribution in [-0.2, 0) is 30.2 Å². The number of nitrogens with one attached hydrogen (secondary N) is 2. The molecule has 0 bridgehead atoms. The van der Waals surface area contributed by atoms with E-state index in [9.17, 15) is 0 Å². The van der Waals surface area contributed by atoms with Crippen LogP contribution in [0.15, 0.2) is 60.9 Å². The molecule has 2 fully saturated rings. The number of anilines is 2. The average Bonchev–Trinajstić information content (AvgIpc) is 3.92. The molecule has 0 amide bonds. The molecule has 4 aromatic rings. The number of rotatable bonds is 20. The van der Waals surface area contributed by atoms with Crippen molar-refractivity contribution < 1.29 is 26.2 Å². The Balaban J connectivity index is 0.000000248. The third kappa shape index (κ3) is 14.5. The van der Waals surface area contributed by atoms with Crippen molar-refractivity contribution in [3.8, 4) is 0 Å². The maximum atomic E-state index is 6.32. The van der Waals surface area contributed by atoms with E-state index in [1.165, 1.54) is 59.9 Å². The van der Waals surface area contributed by atoms with Gasteiger partial charge in [0.1, 0.15) is 0 Å². The van der Waals surface area contributed by atoms with E-state index in [0.717, 1.165) is 73.2 Å². The summed E-state index contributed by atoms with van der Waals surface area (Å²) in [7, 11) is 0. The Hall–Kier alpha value is -2.12. The van der Waals surface area contributed by atoms with Gasteiger partial charge in [0.15, 0.2) is 25.5 Å². The van der Waals surface area contributed by atoms with E-state index in [1.807, 2.05) is 12.1 Å². The van der Waals surface area contributed by atoms with E-state index >= 15 is 0 Å². The van der Waals surface area contributed by atoms with Gasteiger partial charge in [-0.2, -0.15) is 9.13 Å². The predicted molar refractivity (Wildman–Crippen MR) is 239 cm³/mol. The fourth-order valence-electron chi connectivity index (χ4n) is 7.57. The van der Waals surface area contributed by atoms with E-state index in [-0.39, 0.29) is 17.1 Å². The van der Waals surface area contributed by atoms with Gasteiger partial charge in [0.05, 0.1) is 22.1 Å². The van der Waals surface area contributed by atoms with E-state index < -0.39 is 0 Å². The van der Waals surface area contributed by atoms with Crippen LogP contribution in [0, 0.1) is 63.2 Å². The van der Waals surface area contributed by atoms with Gasteiger partial charge in [0.25, 0.3) is 0 Å². The first-order chi connectivity index (χ1) is 27.2. The molecule has 2 aliphatic carbocycles. The Morgan fingerprint density at radius 1 is 0.561 bits per heavy atom. The van der Waals surface area contributed by atoms with Gasteiger partial charge in [0, 0.05) is 58.2 Å². The van der Waals surface area contributed by atoms with Gasteiger partial charge in [0.2, 0.25) is 11.0 Å². The van der Waals surface area contributed by atoms with Crippen molar-refractivity contribution in [2.24, 2.45) is 0 Å². The van der Waals surface area contributed by atoms with Crippen molar-refractivity contribution in [3.63, 3.8) is 0 Å². The first kappa shape index (κ1) is 47.6. The van der Waals surface area contributed by atoms with Gasteiger partial charge >= 0.3 is 17.1 Å². The smallest absolute Gasteiger partial charge is 0.382 e. The van der Waals surface area contributed by atoms with E-state index in [2.05, 4.69) is 171 Å². The number of pyridine rings is 2. The first-order valence-electron chi connectivity index (χ1n) is 20.8. The molecule has 304 valence electrons. The summed E-state index contributed by atoms with van der Waals surface area (Å²) in [5.74, 6) is 2.61. The topological polar surface area (TPSA) is 38.3 Å². The molecule has 10 radical (unpaired) electrons. The van der Waals surface area contributed by atoms with E-state index in [1.54, 1.807) is 0 Å². The van der Waals surface area contributed by atoms with Gasteiger partial charge in [-0.25, -0.2) is 0 Å². The van der Waals surface area contributed by atoms with Crippen LogP contribution in [0.3, 0.4) is 0 Å². The van der Waals surface area contributed by atoms with Crippen LogP contribution in [0.25, 0.3) is 21.8 Å². The van der Waals surface area contributed by atoms with Crippen molar-refractivity contribution in [3.05, 3.63) is 134 Å². The molecule has 9 heteroatoms. The summed E-state index contributed by atoms with van der Waals surface area (Å²) in [6, 6.07) is 17.6. The van der Waals surface area contributed by atoms with Crippen LogP contribution < -0.4 is 19.8 Å². The van der Waals surface area contributed by atoms with Gasteiger partial charge < -0.3 is 20.4 Å². The van der Waals surface area contributed by atoms with Crippen LogP contribution in [0.4, 0.5) is 11.4 Å². The number of fused-ring (bicyclic) bond motifs is 2. The molecule has 0 saturated heterocycles. The third-order valence-corrected chi connectivity index (χ3v) is 11.4. The Kier molecular flexibility index (Phi) is 20.7. The van der Waals surface area contributed by atoms with Gasteiger partial charge in [-0.1, -0.05) is 50.9 Å². The molecule has 57 heavy (non-hydrogen) atoms. The molecule has 2 aromatic carbocycles. The molecule has 6 rings (SSSR count). The molecule has 2 saturated carbocycles. The average molecular weight is 852 g/mol. The van der Waals surface area contributed by atoms with Gasteiger partial charge in [-0.15, -0.1) is 0 Å². The van der Waals surface area contributed by atoms with Gasteiger partial charge in [-0.05, 0) is 154 Å². The van der Waals surface area contributed by atoms with Crippen LogP contribution in [-0.4, -0.2) is 61.2 Å². The zero-order valence-electron chi connectivity index (χ0n) is 34.9. The number of nitrogens with zero attached hydrogens (tertiary/aromatic N) is 4. The van der Waals surface area contributed by atoms with Gasteiger partial charge in [-0.3, -0.25) is 0 Å². The van der Waals surface area contributed by atoms with Crippen LogP contribution >= 0.6 is 23.2 Å². The molecular weight excluding hydrogens is 787 g/mol. The molecule has 0 aliphatic heterocycles. The monoisotopic (exact) mass is 850 g/mol. The molecule has 2 unspecified atom stereocenters. The molecular formula is C48H64Cl2FeN6+4. The number of hydrogen-bond acceptors (Lipinski definition) is 4. The van der Waals surface area contributed by atoms with Crippen molar-refractivity contribution in [1.29, 1.82) is 0 Å². The molecule has 0 spiro atoms. The summed E-state index contributed by atoms with van der Waals surface area (Å²) in [6.07, 6.45) is 26.0. The second kappa shape index (κ2) is 24.8. The Morgan fingerprint density at radius 3 is 1.28 bits per heavy atom. The molecule has 2 atom stereocenters. The minimum absolute atomic E-state index is 0. The second-order valence-corrected chi connectivity index (χ2v) is 15.9. The quantitative estimate of drug-likeness (QED) is 0.0687. The van der Waals surface area contributed by atoms with Crippen molar-refractivity contribution in [1.82, 2.24) is 9.80 Å². The summed E-state index contributed by atoms with van der Waals surface area (Å²) in [5, 5.41) is 11.4. The summed E-state index contributed by atoms with van der Waals surface area (Å²) >= 11 is 12.6. The Labute approximate surface area is 366 Å². The normalized spacial score (nSPS) is 15.9. The molecule has 2 aromatic heterocycles. The summed E-state index contributed by atoms with van der Waals surface area (Å²) in [4.78, 5) is 4.97. The number of aromatic nitrogens is 2. The molecule has 2 aliphatic rings. The molecule has 2 N–H and O–H groups in total. The standard InChI is InChI=1S/2C24H31ClN3.Fe/c2*1-4-27(5-2)15-8-9-19(3)26-23-14-16-28(18-20-10-6-7-11-20)24-17-21(25)12-13-22(23)24;/h2*6-7,10-14,16-17,19H,4-5,8-9,15,18H2,1-3H3;/q;;+2/p+2. The first-order valence-corrected chi connectivity index (χ1v) is 21.6. The van der Waals surface area contributed by atoms with Crippen molar-refractivity contribution in [2.45, 2.75) is 92.4 Å². The van der Waals surface area contributed by atoms with Crippen molar-refractivity contribution in [2.75, 3.05) is 49.9 Å². The summed E-state index contributed by atoms with van der Waals surface area (Å²) < 4.78 is 4.54. The largest absolute Gasteiger partial charge is 2.00 e. The zero-order chi connectivity index (χ0) is 39.9. The maximum absolute atomic E-state index is 6.32. The molecule has 6 nitrogen and oxygen atoms in total.